The van der Waals surface area contributed by atoms with E-state index in [4.69, 9.17) is 0 Å². The van der Waals surface area contributed by atoms with Gasteiger partial charge in [-0.3, -0.25) is 0 Å². The first-order valence-electron chi connectivity index (χ1n) is 6.41. The quantitative estimate of drug-likeness (QED) is 0.784. The Balaban J connectivity index is 2.26. The largest absolute Gasteiger partial charge is 0.303 e. The second kappa shape index (κ2) is 6.60. The molecule has 0 aliphatic rings. The Morgan fingerprint density at radius 1 is 1.05 bits per heavy atom. The minimum atomic E-state index is -3.70. The summed E-state index contributed by atoms with van der Waals surface area (Å²) in [5.74, 6) is -0.239. The van der Waals surface area contributed by atoms with E-state index in [2.05, 4.69) is 4.72 Å². The molecule has 0 heterocycles. The molecule has 0 aliphatic carbocycles. The van der Waals surface area contributed by atoms with Crippen LogP contribution in [0.3, 0.4) is 0 Å². The fourth-order valence-electron chi connectivity index (χ4n) is 2.13. The molecule has 0 aromatic heterocycles. The van der Waals surface area contributed by atoms with Crippen molar-refractivity contribution in [1.82, 2.24) is 4.72 Å². The number of nitrogens with one attached hydrogen (secondary N) is 1. The van der Waals surface area contributed by atoms with E-state index in [-0.39, 0.29) is 12.2 Å². The normalized spacial score (nSPS) is 13.0. The molecular formula is C15H15NO4S. The van der Waals surface area contributed by atoms with Crippen molar-refractivity contribution in [1.29, 1.82) is 0 Å². The lowest BCUT2D eigenvalue weighted by atomic mass is 10.1. The van der Waals surface area contributed by atoms with Crippen LogP contribution in [-0.4, -0.2) is 27.0 Å². The maximum Gasteiger partial charge on any atom is 0.216 e. The second-order valence-electron chi connectivity index (χ2n) is 4.66. The number of hydrogen-bond acceptors (Lipinski definition) is 4. The molecule has 1 N–H and O–H groups in total. The van der Waals surface area contributed by atoms with Gasteiger partial charge in [-0.1, -0.05) is 42.5 Å². The molecule has 0 fully saturated rings. The van der Waals surface area contributed by atoms with Gasteiger partial charge in [-0.25, -0.2) is 13.1 Å². The van der Waals surface area contributed by atoms with E-state index < -0.39 is 16.1 Å². The highest BCUT2D eigenvalue weighted by Crippen LogP contribution is 2.20. The van der Waals surface area contributed by atoms with Crippen molar-refractivity contribution in [3.05, 3.63) is 48.0 Å². The lowest BCUT2D eigenvalue weighted by Gasteiger charge is -2.12. The maximum atomic E-state index is 12.1. The molecule has 1 atom stereocenters. The Morgan fingerprint density at radius 3 is 2.48 bits per heavy atom. The van der Waals surface area contributed by atoms with Crippen LogP contribution in [0.1, 0.15) is 12.0 Å². The van der Waals surface area contributed by atoms with Gasteiger partial charge in [0.05, 0.1) is 11.8 Å². The highest BCUT2D eigenvalue weighted by molar-refractivity contribution is 7.88. The van der Waals surface area contributed by atoms with Crippen LogP contribution in [0.4, 0.5) is 0 Å². The number of benzene rings is 2. The third kappa shape index (κ3) is 3.96. The van der Waals surface area contributed by atoms with Crippen molar-refractivity contribution < 1.29 is 18.0 Å². The van der Waals surface area contributed by atoms with Gasteiger partial charge in [0.1, 0.15) is 12.6 Å². The van der Waals surface area contributed by atoms with Gasteiger partial charge in [0, 0.05) is 6.42 Å². The molecule has 2 aromatic carbocycles. The average Bonchev–Trinajstić information content (AvgIpc) is 2.46. The minimum absolute atomic E-state index is 0.168. The smallest absolute Gasteiger partial charge is 0.216 e. The van der Waals surface area contributed by atoms with E-state index in [0.29, 0.717) is 18.1 Å². The number of carbonyl (C=O) groups excluding carboxylic acids is 2. The summed E-state index contributed by atoms with van der Waals surface area (Å²) in [6.07, 6.45) is 0.771. The summed E-state index contributed by atoms with van der Waals surface area (Å²) >= 11 is 0. The number of aldehydes is 2. The van der Waals surface area contributed by atoms with Crippen LogP contribution in [0.25, 0.3) is 10.8 Å². The van der Waals surface area contributed by atoms with Crippen LogP contribution in [-0.2, 0) is 25.4 Å². The first-order chi connectivity index (χ1) is 10.1. The molecule has 2 rings (SSSR count). The number of fused-ring (bicyclic) bond motifs is 1. The predicted molar refractivity (Wildman–Crippen MR) is 80.2 cm³/mol. The van der Waals surface area contributed by atoms with Crippen LogP contribution in [0.15, 0.2) is 42.5 Å². The Labute approximate surface area is 123 Å². The Bertz CT molecular complexity index is 750. The molecule has 110 valence electrons. The van der Waals surface area contributed by atoms with E-state index in [1.807, 2.05) is 30.3 Å². The van der Waals surface area contributed by atoms with Crippen molar-refractivity contribution in [2.75, 3.05) is 0 Å². The molecule has 2 aromatic rings. The molecule has 6 heteroatoms. The second-order valence-corrected chi connectivity index (χ2v) is 6.41. The average molecular weight is 305 g/mol. The first kappa shape index (κ1) is 15.3. The van der Waals surface area contributed by atoms with Crippen molar-refractivity contribution in [3.63, 3.8) is 0 Å². The summed E-state index contributed by atoms with van der Waals surface area (Å²) in [4.78, 5) is 21.2. The zero-order valence-corrected chi connectivity index (χ0v) is 12.0. The standard InChI is InChI=1S/C15H15NO4S/c17-9-8-14(10-18)16-21(19,20)11-13-6-3-5-12-4-1-2-7-15(12)13/h1-7,9-10,14,16H,8,11H2/t14-/m0/s1. The van der Waals surface area contributed by atoms with Gasteiger partial charge in [0.2, 0.25) is 10.0 Å². The van der Waals surface area contributed by atoms with E-state index in [1.54, 1.807) is 12.1 Å². The van der Waals surface area contributed by atoms with Crippen LogP contribution < -0.4 is 4.72 Å². The lowest BCUT2D eigenvalue weighted by Crippen LogP contribution is -2.37. The van der Waals surface area contributed by atoms with E-state index in [9.17, 15) is 18.0 Å². The molecule has 0 aliphatic heterocycles. The van der Waals surface area contributed by atoms with Crippen LogP contribution in [0.2, 0.25) is 0 Å². The van der Waals surface area contributed by atoms with Crippen molar-refractivity contribution in [2.45, 2.75) is 18.2 Å². The SMILES string of the molecule is O=CC[C@@H](C=O)NS(=O)(=O)Cc1cccc2ccccc12. The number of rotatable bonds is 7. The summed E-state index contributed by atoms with van der Waals surface area (Å²) < 4.78 is 26.4. The Morgan fingerprint density at radius 2 is 1.76 bits per heavy atom. The molecule has 21 heavy (non-hydrogen) atoms. The summed E-state index contributed by atoms with van der Waals surface area (Å²) in [6.45, 7) is 0. The number of sulfonamides is 1. The fourth-order valence-corrected chi connectivity index (χ4v) is 3.49. The minimum Gasteiger partial charge on any atom is -0.303 e. The summed E-state index contributed by atoms with van der Waals surface area (Å²) in [5.41, 5.74) is 0.649. The van der Waals surface area contributed by atoms with E-state index in [0.717, 1.165) is 10.8 Å². The maximum absolute atomic E-state index is 12.1. The summed E-state index contributed by atoms with van der Waals surface area (Å²) in [5, 5.41) is 1.80. The summed E-state index contributed by atoms with van der Waals surface area (Å²) in [6, 6.07) is 11.9. The number of carbonyl (C=O) groups is 2. The summed E-state index contributed by atoms with van der Waals surface area (Å²) in [7, 11) is -3.70. The third-order valence-corrected chi connectivity index (χ3v) is 4.42. The van der Waals surface area contributed by atoms with Gasteiger partial charge < -0.3 is 9.59 Å². The molecule has 0 radical (unpaired) electrons. The Kier molecular flexibility index (Phi) is 4.82. The highest BCUT2D eigenvalue weighted by Gasteiger charge is 2.18. The van der Waals surface area contributed by atoms with Gasteiger partial charge in [0.15, 0.2) is 0 Å². The van der Waals surface area contributed by atoms with Gasteiger partial charge >= 0.3 is 0 Å². The lowest BCUT2D eigenvalue weighted by molar-refractivity contribution is -0.113. The molecular weight excluding hydrogens is 290 g/mol. The van der Waals surface area contributed by atoms with Crippen molar-refractivity contribution in [3.8, 4) is 0 Å². The van der Waals surface area contributed by atoms with Crippen LogP contribution >= 0.6 is 0 Å². The zero-order valence-electron chi connectivity index (χ0n) is 11.2. The third-order valence-electron chi connectivity index (χ3n) is 3.07. The monoisotopic (exact) mass is 305 g/mol. The molecule has 0 saturated heterocycles. The van der Waals surface area contributed by atoms with Gasteiger partial charge in [-0.2, -0.15) is 0 Å². The van der Waals surface area contributed by atoms with Crippen LogP contribution in [0, 0.1) is 0 Å². The van der Waals surface area contributed by atoms with E-state index in [1.165, 1.54) is 0 Å². The van der Waals surface area contributed by atoms with Gasteiger partial charge in [0.25, 0.3) is 0 Å². The fraction of sp³-hybridized carbons (Fsp3) is 0.200. The van der Waals surface area contributed by atoms with Crippen LogP contribution in [0.5, 0.6) is 0 Å². The highest BCUT2D eigenvalue weighted by atomic mass is 32.2. The molecule has 5 nitrogen and oxygen atoms in total. The Hall–Kier alpha value is -2.05. The first-order valence-corrected chi connectivity index (χ1v) is 8.06. The number of hydrogen-bond donors (Lipinski definition) is 1. The topological polar surface area (TPSA) is 80.3 Å². The van der Waals surface area contributed by atoms with Crippen molar-refractivity contribution in [2.24, 2.45) is 0 Å². The van der Waals surface area contributed by atoms with Crippen molar-refractivity contribution >= 4 is 33.4 Å². The van der Waals surface area contributed by atoms with Gasteiger partial charge in [-0.15, -0.1) is 0 Å². The molecule has 0 bridgehead atoms. The van der Waals surface area contributed by atoms with E-state index >= 15 is 0 Å². The zero-order chi connectivity index (χ0) is 15.3. The molecule has 0 amide bonds. The predicted octanol–water partition coefficient (Wildman–Crippen LogP) is 1.42. The molecule has 0 spiro atoms. The van der Waals surface area contributed by atoms with Gasteiger partial charge in [-0.05, 0) is 16.3 Å². The molecule has 0 unspecified atom stereocenters. The molecule has 0 saturated carbocycles.